The van der Waals surface area contributed by atoms with Crippen molar-refractivity contribution in [1.29, 1.82) is 0 Å². The molecule has 0 saturated carbocycles. The molecule has 0 fully saturated rings. The molecule has 0 saturated heterocycles. The highest BCUT2D eigenvalue weighted by Crippen LogP contribution is 2.29. The van der Waals surface area contributed by atoms with Gasteiger partial charge < -0.3 is 10.2 Å². The van der Waals surface area contributed by atoms with Crippen molar-refractivity contribution in [1.82, 2.24) is 10.2 Å². The minimum Gasteiger partial charge on any atom is -0.369 e. The largest absolute Gasteiger partial charge is 0.369 e. The molecule has 1 aliphatic carbocycles. The van der Waals surface area contributed by atoms with Crippen LogP contribution in [0.25, 0.3) is 0 Å². The van der Waals surface area contributed by atoms with Gasteiger partial charge in [0.2, 0.25) is 11.6 Å². The van der Waals surface area contributed by atoms with Gasteiger partial charge in [-0.05, 0) is 12.5 Å². The Morgan fingerprint density at radius 3 is 2.19 bits per heavy atom. The molecule has 0 radical (unpaired) electrons. The van der Waals surface area contributed by atoms with E-state index in [1.807, 2.05) is 18.2 Å². The van der Waals surface area contributed by atoms with Crippen LogP contribution < -0.4 is 5.32 Å². The second kappa shape index (κ2) is 7.85. The molecule has 2 aromatic rings. The minimum absolute atomic E-state index is 0.00712. The molecule has 0 aromatic heterocycles. The third-order valence-corrected chi connectivity index (χ3v) is 4.97. The van der Waals surface area contributed by atoms with Crippen molar-refractivity contribution in [2.75, 3.05) is 20.1 Å². The Morgan fingerprint density at radius 1 is 0.962 bits per heavy atom. The molecule has 4 nitrogen and oxygen atoms in total. The maximum absolute atomic E-state index is 12.8. The Hall–Kier alpha value is -2.43. The van der Waals surface area contributed by atoms with Crippen LogP contribution in [0.4, 0.5) is 0 Å². The van der Waals surface area contributed by atoms with E-state index in [1.165, 1.54) is 5.56 Å². The maximum Gasteiger partial charge on any atom is 0.211 e. The fraction of sp³-hybridized carbons (Fsp3) is 0.238. The van der Waals surface area contributed by atoms with Crippen LogP contribution in [0, 0.1) is 0 Å². The first-order chi connectivity index (χ1) is 12.5. The van der Waals surface area contributed by atoms with Crippen molar-refractivity contribution in [3.63, 3.8) is 0 Å². The molecule has 1 aliphatic rings. The summed E-state index contributed by atoms with van der Waals surface area (Å²) in [6.07, 6.45) is 0. The number of halogens is 1. The lowest BCUT2D eigenvalue weighted by Crippen LogP contribution is -2.35. The molecule has 0 amide bonds. The average Bonchev–Trinajstić information content (AvgIpc) is 2.67. The summed E-state index contributed by atoms with van der Waals surface area (Å²) in [5.74, 6) is -0.502. The average molecular weight is 369 g/mol. The van der Waals surface area contributed by atoms with Crippen LogP contribution in [-0.2, 0) is 0 Å². The zero-order valence-corrected chi connectivity index (χ0v) is 15.6. The molecule has 134 valence electrons. The van der Waals surface area contributed by atoms with Crippen molar-refractivity contribution in [3.8, 4) is 0 Å². The molecule has 1 unspecified atom stereocenters. The Morgan fingerprint density at radius 2 is 1.54 bits per heavy atom. The SMILES string of the molecule is CC(NCCN(C)C1=C(Cl)C(=O)c2ccccc2C1=O)c1ccccc1. The standard InChI is InChI=1S/C21H21ClN2O2/c1-14(15-8-4-3-5-9-15)23-12-13-24(2)19-18(22)20(25)16-10-6-7-11-17(16)21(19)26/h3-11,14,23H,12-13H2,1-2H3. The summed E-state index contributed by atoms with van der Waals surface area (Å²) in [5.41, 5.74) is 2.25. The van der Waals surface area contributed by atoms with Gasteiger partial charge in [0.05, 0.1) is 0 Å². The van der Waals surface area contributed by atoms with Crippen LogP contribution in [0.5, 0.6) is 0 Å². The van der Waals surface area contributed by atoms with E-state index in [4.69, 9.17) is 11.6 Å². The maximum atomic E-state index is 12.8. The van der Waals surface area contributed by atoms with Gasteiger partial charge in [-0.2, -0.15) is 0 Å². The minimum atomic E-state index is -0.297. The van der Waals surface area contributed by atoms with E-state index in [-0.39, 0.29) is 28.3 Å². The van der Waals surface area contributed by atoms with Crippen LogP contribution >= 0.6 is 11.6 Å². The van der Waals surface area contributed by atoms with Gasteiger partial charge in [-0.1, -0.05) is 66.2 Å². The Labute approximate surface area is 158 Å². The van der Waals surface area contributed by atoms with Crippen molar-refractivity contribution in [3.05, 3.63) is 82.0 Å². The highest BCUT2D eigenvalue weighted by molar-refractivity contribution is 6.49. The number of nitrogens with zero attached hydrogens (tertiary/aromatic N) is 1. The summed E-state index contributed by atoms with van der Waals surface area (Å²) in [7, 11) is 1.78. The van der Waals surface area contributed by atoms with Gasteiger partial charge in [0.1, 0.15) is 10.7 Å². The summed E-state index contributed by atoms with van der Waals surface area (Å²) in [5, 5.41) is 3.42. The summed E-state index contributed by atoms with van der Waals surface area (Å²) in [4.78, 5) is 27.0. The van der Waals surface area contributed by atoms with Gasteiger partial charge in [0.15, 0.2) is 0 Å². The number of rotatable bonds is 6. The lowest BCUT2D eigenvalue weighted by Gasteiger charge is -2.27. The first-order valence-electron chi connectivity index (χ1n) is 8.58. The number of benzene rings is 2. The van der Waals surface area contributed by atoms with Crippen LogP contribution in [0.2, 0.25) is 0 Å². The normalized spacial score (nSPS) is 15.0. The van der Waals surface area contributed by atoms with E-state index < -0.39 is 0 Å². The van der Waals surface area contributed by atoms with Crippen molar-refractivity contribution >= 4 is 23.2 Å². The van der Waals surface area contributed by atoms with E-state index in [2.05, 4.69) is 24.4 Å². The quantitative estimate of drug-likeness (QED) is 0.842. The molecule has 0 heterocycles. The summed E-state index contributed by atoms with van der Waals surface area (Å²) in [6, 6.07) is 17.1. The van der Waals surface area contributed by atoms with Gasteiger partial charge >= 0.3 is 0 Å². The van der Waals surface area contributed by atoms with E-state index in [0.717, 1.165) is 0 Å². The smallest absolute Gasteiger partial charge is 0.211 e. The number of carbonyl (C=O) groups is 2. The van der Waals surface area contributed by atoms with E-state index in [0.29, 0.717) is 24.2 Å². The summed E-state index contributed by atoms with van der Waals surface area (Å²) < 4.78 is 0. The number of hydrogen-bond acceptors (Lipinski definition) is 4. The third-order valence-electron chi connectivity index (χ3n) is 4.62. The van der Waals surface area contributed by atoms with E-state index >= 15 is 0 Å². The van der Waals surface area contributed by atoms with Gasteiger partial charge in [-0.3, -0.25) is 9.59 Å². The Kier molecular flexibility index (Phi) is 5.55. The number of likely N-dealkylation sites (N-methyl/N-ethyl adjacent to an activating group) is 1. The summed E-state index contributed by atoms with van der Waals surface area (Å²) >= 11 is 6.24. The van der Waals surface area contributed by atoms with Crippen molar-refractivity contribution in [2.45, 2.75) is 13.0 Å². The number of hydrogen-bond donors (Lipinski definition) is 1. The Balaban J connectivity index is 1.68. The van der Waals surface area contributed by atoms with E-state index in [9.17, 15) is 9.59 Å². The highest BCUT2D eigenvalue weighted by Gasteiger charge is 2.32. The number of nitrogens with one attached hydrogen (secondary N) is 1. The van der Waals surface area contributed by atoms with Crippen molar-refractivity contribution in [2.24, 2.45) is 0 Å². The number of Topliss-reactive ketones (excluding diaryl/α,β-unsaturated/α-hetero) is 2. The monoisotopic (exact) mass is 368 g/mol. The zero-order valence-electron chi connectivity index (χ0n) is 14.8. The second-order valence-corrected chi connectivity index (χ2v) is 6.75. The number of carbonyl (C=O) groups excluding carboxylic acids is 2. The second-order valence-electron chi connectivity index (χ2n) is 6.37. The van der Waals surface area contributed by atoms with Crippen LogP contribution in [-0.4, -0.2) is 36.6 Å². The first kappa shape index (κ1) is 18.4. The molecule has 1 N–H and O–H groups in total. The molecule has 0 spiro atoms. The van der Waals surface area contributed by atoms with Crippen LogP contribution in [0.15, 0.2) is 65.3 Å². The number of ketones is 2. The molecule has 1 atom stereocenters. The molecule has 2 aromatic carbocycles. The lowest BCUT2D eigenvalue weighted by atomic mass is 9.92. The van der Waals surface area contributed by atoms with Gasteiger partial charge in [-0.25, -0.2) is 0 Å². The lowest BCUT2D eigenvalue weighted by molar-refractivity contribution is 0.0953. The fourth-order valence-electron chi connectivity index (χ4n) is 3.09. The van der Waals surface area contributed by atoms with Crippen molar-refractivity contribution < 1.29 is 9.59 Å². The molecule has 5 heteroatoms. The Bertz CT molecular complexity index is 861. The molecule has 3 rings (SSSR count). The highest BCUT2D eigenvalue weighted by atomic mass is 35.5. The van der Waals surface area contributed by atoms with Crippen LogP contribution in [0.3, 0.4) is 0 Å². The molecule has 0 aliphatic heterocycles. The molecule has 0 bridgehead atoms. The number of allylic oxidation sites excluding steroid dienone is 2. The molecular formula is C21H21ClN2O2. The zero-order chi connectivity index (χ0) is 18.7. The van der Waals surface area contributed by atoms with E-state index in [1.54, 1.807) is 36.2 Å². The third kappa shape index (κ3) is 3.57. The first-order valence-corrected chi connectivity index (χ1v) is 8.96. The van der Waals surface area contributed by atoms with Gasteiger partial charge in [0, 0.05) is 37.3 Å². The van der Waals surface area contributed by atoms with Gasteiger partial charge in [0.25, 0.3) is 0 Å². The molecular weight excluding hydrogens is 348 g/mol. The predicted octanol–water partition coefficient (Wildman–Crippen LogP) is 3.80. The predicted molar refractivity (Wildman–Crippen MR) is 103 cm³/mol. The fourth-order valence-corrected chi connectivity index (χ4v) is 3.43. The summed E-state index contributed by atoms with van der Waals surface area (Å²) in [6.45, 7) is 3.31. The van der Waals surface area contributed by atoms with Crippen LogP contribution in [0.1, 0.15) is 39.2 Å². The molecule has 26 heavy (non-hydrogen) atoms. The topological polar surface area (TPSA) is 49.4 Å². The van der Waals surface area contributed by atoms with Gasteiger partial charge in [-0.15, -0.1) is 0 Å². The number of fused-ring (bicyclic) bond motifs is 1.